The highest BCUT2D eigenvalue weighted by molar-refractivity contribution is 6.33. The summed E-state index contributed by atoms with van der Waals surface area (Å²) in [7, 11) is 0. The zero-order valence-electron chi connectivity index (χ0n) is 38.6. The van der Waals surface area contributed by atoms with Gasteiger partial charge in [0.25, 0.3) is 11.1 Å². The van der Waals surface area contributed by atoms with Gasteiger partial charge in [0.05, 0.1) is 51.8 Å². The van der Waals surface area contributed by atoms with Crippen LogP contribution in [0, 0.1) is 0 Å². The number of rotatable bonds is 6. The third-order valence-electron chi connectivity index (χ3n) is 9.98. The summed E-state index contributed by atoms with van der Waals surface area (Å²) in [5.74, 6) is -0.784. The van der Waals surface area contributed by atoms with Gasteiger partial charge in [0.1, 0.15) is 46.1 Å². The predicted molar refractivity (Wildman–Crippen MR) is 266 cm³/mol. The van der Waals surface area contributed by atoms with Crippen molar-refractivity contribution in [3.05, 3.63) is 178 Å². The number of hydrogen-bond donors (Lipinski definition) is 3. The fourth-order valence-corrected chi connectivity index (χ4v) is 7.12. The molecule has 0 amide bonds. The Balaban J connectivity index is 0.000000140. The molecular formula is C49H28Cl2F9N13O5. The van der Waals surface area contributed by atoms with Crippen molar-refractivity contribution in [3.63, 3.8) is 0 Å². The number of fused-ring (bicyclic) bond motifs is 4. The summed E-state index contributed by atoms with van der Waals surface area (Å²) in [6.45, 7) is 0. The fraction of sp³-hybridized carbons (Fsp3) is 0.0612. The molecule has 0 unspecified atom stereocenters. The number of anilines is 1. The summed E-state index contributed by atoms with van der Waals surface area (Å²) in [6, 6.07) is 29.5. The lowest BCUT2D eigenvalue weighted by Gasteiger charge is -2.10. The summed E-state index contributed by atoms with van der Waals surface area (Å²) in [5.41, 5.74) is 10.8. The zero-order valence-corrected chi connectivity index (χ0v) is 40.1. The molecule has 11 aromatic rings. The minimum absolute atomic E-state index is 0.113. The topological polar surface area (TPSA) is 248 Å². The second kappa shape index (κ2) is 23.1. The van der Waals surface area contributed by atoms with Crippen molar-refractivity contribution in [2.24, 2.45) is 0 Å². The lowest BCUT2D eigenvalue weighted by Crippen LogP contribution is -2.17. The van der Waals surface area contributed by atoms with Crippen molar-refractivity contribution in [1.29, 1.82) is 0 Å². The predicted octanol–water partition coefficient (Wildman–Crippen LogP) is 11.3. The van der Waals surface area contributed by atoms with Crippen LogP contribution in [0.4, 0.5) is 45.3 Å². The Morgan fingerprint density at radius 3 is 1.24 bits per heavy atom. The Bertz CT molecular complexity index is 3940. The van der Waals surface area contributed by atoms with Gasteiger partial charge in [0.15, 0.2) is 22.0 Å². The van der Waals surface area contributed by atoms with Gasteiger partial charge in [0.2, 0.25) is 0 Å². The van der Waals surface area contributed by atoms with Gasteiger partial charge in [-0.25, -0.2) is 49.8 Å². The molecule has 18 nitrogen and oxygen atoms in total. The number of nitrogens with two attached hydrogens (primary N) is 1. The van der Waals surface area contributed by atoms with Gasteiger partial charge >= 0.3 is 19.1 Å². The average Bonchev–Trinajstić information content (AvgIpc) is 3.39. The number of H-pyrrole nitrogens is 2. The molecule has 0 atom stereocenters. The van der Waals surface area contributed by atoms with E-state index in [2.05, 4.69) is 74.0 Å². The van der Waals surface area contributed by atoms with Crippen LogP contribution in [0.1, 0.15) is 0 Å². The molecule has 0 spiro atoms. The normalized spacial score (nSPS) is 11.4. The maximum Gasteiger partial charge on any atom is 0.573 e. The van der Waals surface area contributed by atoms with E-state index in [0.717, 1.165) is 0 Å². The molecule has 0 fully saturated rings. The number of halogens is 11. The average molecular weight is 1120 g/mol. The highest BCUT2D eigenvalue weighted by Gasteiger charge is 2.33. The fourth-order valence-electron chi connectivity index (χ4n) is 6.79. The van der Waals surface area contributed by atoms with Crippen LogP contribution in [-0.4, -0.2) is 78.9 Å². The summed E-state index contributed by atoms with van der Waals surface area (Å²) in [4.78, 5) is 67.7. The van der Waals surface area contributed by atoms with Gasteiger partial charge in [-0.1, -0.05) is 59.6 Å². The lowest BCUT2D eigenvalue weighted by atomic mass is 10.1. The molecule has 0 bridgehead atoms. The van der Waals surface area contributed by atoms with Crippen LogP contribution in [0.2, 0.25) is 10.3 Å². The third kappa shape index (κ3) is 14.6. The molecule has 8 heterocycles. The Morgan fingerprint density at radius 2 is 0.795 bits per heavy atom. The summed E-state index contributed by atoms with van der Waals surface area (Å²) >= 11 is 11.5. The van der Waals surface area contributed by atoms with Crippen molar-refractivity contribution >= 4 is 73.2 Å². The van der Waals surface area contributed by atoms with Crippen molar-refractivity contribution in [2.45, 2.75) is 19.1 Å². The van der Waals surface area contributed by atoms with Crippen LogP contribution < -0.4 is 31.1 Å². The van der Waals surface area contributed by atoms with Crippen LogP contribution in [0.15, 0.2) is 156 Å². The van der Waals surface area contributed by atoms with E-state index in [-0.39, 0.29) is 44.8 Å². The molecule has 0 saturated carbocycles. The lowest BCUT2D eigenvalue weighted by molar-refractivity contribution is -0.275. The largest absolute Gasteiger partial charge is 0.573 e. The van der Waals surface area contributed by atoms with Crippen LogP contribution in [0.25, 0.3) is 77.9 Å². The second-order valence-electron chi connectivity index (χ2n) is 15.3. The number of benzene rings is 3. The molecule has 3 aromatic carbocycles. The van der Waals surface area contributed by atoms with E-state index in [4.69, 9.17) is 28.9 Å². The molecule has 0 aliphatic carbocycles. The van der Waals surface area contributed by atoms with Crippen molar-refractivity contribution in [2.75, 3.05) is 5.73 Å². The molecule has 78 heavy (non-hydrogen) atoms. The van der Waals surface area contributed by atoms with E-state index < -0.39 is 24.6 Å². The van der Waals surface area contributed by atoms with Gasteiger partial charge in [0, 0.05) is 16.7 Å². The first-order chi connectivity index (χ1) is 37.0. The Kier molecular flexibility index (Phi) is 16.2. The first kappa shape index (κ1) is 54.6. The summed E-state index contributed by atoms with van der Waals surface area (Å²) in [5, 5.41) is 0.468. The first-order valence-electron chi connectivity index (χ1n) is 21.6. The molecule has 396 valence electrons. The van der Waals surface area contributed by atoms with E-state index in [9.17, 15) is 49.1 Å². The Hall–Kier alpha value is -9.63. The van der Waals surface area contributed by atoms with Crippen molar-refractivity contribution < 1.29 is 53.7 Å². The van der Waals surface area contributed by atoms with E-state index in [0.29, 0.717) is 72.0 Å². The van der Waals surface area contributed by atoms with Gasteiger partial charge in [-0.3, -0.25) is 9.59 Å². The quantitative estimate of drug-likeness (QED) is 0.0795. The van der Waals surface area contributed by atoms with Crippen LogP contribution in [0.3, 0.4) is 0 Å². The highest BCUT2D eigenvalue weighted by Crippen LogP contribution is 2.32. The highest BCUT2D eigenvalue weighted by atomic mass is 35.5. The Labute approximate surface area is 438 Å². The number of nitrogens with one attached hydrogen (secondary N) is 2. The zero-order chi connectivity index (χ0) is 55.8. The van der Waals surface area contributed by atoms with E-state index in [1.807, 2.05) is 0 Å². The third-order valence-corrected chi connectivity index (χ3v) is 10.5. The molecule has 0 radical (unpaired) electrons. The van der Waals surface area contributed by atoms with Crippen LogP contribution in [-0.2, 0) is 0 Å². The van der Waals surface area contributed by atoms with E-state index in [1.54, 1.807) is 66.7 Å². The van der Waals surface area contributed by atoms with E-state index >= 15 is 0 Å². The number of alkyl halides is 9. The second-order valence-corrected chi connectivity index (χ2v) is 16.1. The number of aromatic nitrogens is 12. The SMILES string of the molecule is FC(F)(F)Oc1cccc(-c2ccc3ncnc(Cl)c3n2)c1.Nc1ncnc2ccc(-c3cccc(OC(F)(F)F)c3)nc12.O=c1[nH]cnc2ccc(-c3cccc(OC(F)(F)F)c3)nc12.O=c1[nH]cnc2ccc(Cl)nc12. The molecule has 29 heteroatoms. The molecule has 0 aliphatic heterocycles. The standard InChI is InChI=1S/C14H7ClF3N3O.C14H9F3N4O.C14H8F3N3O2.C7H4ClN3O/c15-13-12-11(19-7-20-13)5-4-10(21-12)8-2-1-3-9(6-8)22-14(16,17)18;15-14(16,17)22-9-3-1-2-8(6-9)10-4-5-11-12(21-10)13(18)20-7-19-11;15-14(16,17)22-9-3-1-2-8(6-9)10-4-5-11-12(20-10)13(21)19-7-18-11;8-5-2-1-4-6(11-5)7(12)10-3-9-4/h1-7H;1-7H,(H2,18,19,20);1-7H,(H,18,19,21);1-3H,(H,9,10,12). The smallest absolute Gasteiger partial charge is 0.406 e. The van der Waals surface area contributed by atoms with Crippen molar-refractivity contribution in [3.8, 4) is 51.0 Å². The van der Waals surface area contributed by atoms with E-state index in [1.165, 1.54) is 79.9 Å². The molecule has 11 rings (SSSR count). The molecular weight excluding hydrogens is 1090 g/mol. The molecule has 8 aromatic heterocycles. The molecule has 0 aliphatic rings. The maximum absolute atomic E-state index is 12.3. The van der Waals surface area contributed by atoms with Crippen molar-refractivity contribution in [1.82, 2.24) is 59.8 Å². The number of ether oxygens (including phenoxy) is 3. The number of nitrogen functional groups attached to an aromatic ring is 1. The maximum atomic E-state index is 12.3. The summed E-state index contributed by atoms with van der Waals surface area (Å²) < 4.78 is 122. The van der Waals surface area contributed by atoms with Crippen LogP contribution in [0.5, 0.6) is 17.2 Å². The number of nitrogens with zero attached hydrogens (tertiary/aromatic N) is 10. The minimum atomic E-state index is -4.77. The monoisotopic (exact) mass is 1120 g/mol. The van der Waals surface area contributed by atoms with Gasteiger partial charge in [-0.15, -0.1) is 39.5 Å². The number of hydrogen-bond acceptors (Lipinski definition) is 16. The van der Waals surface area contributed by atoms with Gasteiger partial charge in [-0.2, -0.15) is 0 Å². The number of aromatic amines is 2. The first-order valence-corrected chi connectivity index (χ1v) is 22.4. The Morgan fingerprint density at radius 1 is 0.423 bits per heavy atom. The summed E-state index contributed by atoms with van der Waals surface area (Å²) in [6.07, 6.45) is -9.04. The number of pyridine rings is 4. The van der Waals surface area contributed by atoms with Gasteiger partial charge < -0.3 is 29.9 Å². The molecule has 4 N–H and O–H groups in total. The van der Waals surface area contributed by atoms with Crippen LogP contribution >= 0.6 is 23.2 Å². The molecule has 0 saturated heterocycles. The van der Waals surface area contributed by atoms with Gasteiger partial charge in [-0.05, 0) is 84.9 Å². The minimum Gasteiger partial charge on any atom is -0.406 e.